The Balaban J connectivity index is 1.62. The molecule has 0 atom stereocenters. The molecule has 0 bridgehead atoms. The quantitative estimate of drug-likeness (QED) is 0.549. The van der Waals surface area contributed by atoms with Gasteiger partial charge in [0.05, 0.1) is 22.8 Å². The molecular weight excluding hydrogens is 409 g/mol. The van der Waals surface area contributed by atoms with Crippen LogP contribution in [-0.4, -0.2) is 23.0 Å². The lowest BCUT2D eigenvalue weighted by Crippen LogP contribution is -2.22. The van der Waals surface area contributed by atoms with E-state index in [9.17, 15) is 4.79 Å². The van der Waals surface area contributed by atoms with Gasteiger partial charge in [-0.3, -0.25) is 0 Å². The van der Waals surface area contributed by atoms with E-state index < -0.39 is 6.09 Å². The molecule has 2 aromatic carbocycles. The molecule has 29 heavy (non-hydrogen) atoms. The number of nitrogens with one attached hydrogen (secondary N) is 1. The van der Waals surface area contributed by atoms with E-state index in [1.165, 1.54) is 25.5 Å². The predicted molar refractivity (Wildman–Crippen MR) is 115 cm³/mol. The van der Waals surface area contributed by atoms with Gasteiger partial charge in [0, 0.05) is 18.3 Å². The number of halogens is 2. The number of hydrogen-bond donors (Lipinski definition) is 1. The SMILES string of the molecule is COC(=O)NCc1cc(-c2ccn(-c3c(Cl)cc(C4CC4)cc3Cl)n2)ccc1C. The zero-order valence-corrected chi connectivity index (χ0v) is 17.7. The highest BCUT2D eigenvalue weighted by Gasteiger charge is 2.25. The van der Waals surface area contributed by atoms with Crippen molar-refractivity contribution in [2.24, 2.45) is 0 Å². The first kappa shape index (κ1) is 19.8. The summed E-state index contributed by atoms with van der Waals surface area (Å²) in [6.45, 7) is 2.38. The first-order valence-electron chi connectivity index (χ1n) is 9.43. The second-order valence-electron chi connectivity index (χ2n) is 7.24. The number of alkyl carbamates (subject to hydrolysis) is 1. The van der Waals surface area contributed by atoms with Crippen LogP contribution in [0.1, 0.15) is 35.4 Å². The van der Waals surface area contributed by atoms with Gasteiger partial charge in [0.25, 0.3) is 0 Å². The molecule has 1 fully saturated rings. The van der Waals surface area contributed by atoms with Crippen molar-refractivity contribution in [3.8, 4) is 16.9 Å². The first-order chi connectivity index (χ1) is 14.0. The average Bonchev–Trinajstić information content (AvgIpc) is 3.45. The highest BCUT2D eigenvalue weighted by atomic mass is 35.5. The molecule has 1 amide bonds. The minimum absolute atomic E-state index is 0.382. The number of ether oxygens (including phenoxy) is 1. The number of carbonyl (C=O) groups is 1. The molecule has 7 heteroatoms. The number of amides is 1. The van der Waals surface area contributed by atoms with E-state index in [0.717, 1.165) is 22.4 Å². The van der Waals surface area contributed by atoms with Crippen LogP contribution in [0.3, 0.4) is 0 Å². The van der Waals surface area contributed by atoms with Crippen molar-refractivity contribution in [3.05, 3.63) is 69.3 Å². The topological polar surface area (TPSA) is 56.1 Å². The summed E-state index contributed by atoms with van der Waals surface area (Å²) in [7, 11) is 1.35. The van der Waals surface area contributed by atoms with Crippen LogP contribution >= 0.6 is 23.2 Å². The maximum absolute atomic E-state index is 11.4. The molecule has 5 nitrogen and oxygen atoms in total. The van der Waals surface area contributed by atoms with Crippen molar-refractivity contribution in [1.29, 1.82) is 0 Å². The largest absolute Gasteiger partial charge is 0.453 e. The molecular formula is C22H21Cl2N3O2. The molecule has 1 aliphatic rings. The summed E-state index contributed by atoms with van der Waals surface area (Å²) in [5.74, 6) is 0.580. The number of aromatic nitrogens is 2. The van der Waals surface area contributed by atoms with Crippen LogP contribution in [0.2, 0.25) is 10.0 Å². The van der Waals surface area contributed by atoms with E-state index in [1.807, 2.05) is 49.5 Å². The van der Waals surface area contributed by atoms with Crippen molar-refractivity contribution in [2.75, 3.05) is 7.11 Å². The molecule has 1 saturated carbocycles. The third kappa shape index (κ3) is 4.26. The molecule has 0 aliphatic heterocycles. The molecule has 1 heterocycles. The van der Waals surface area contributed by atoms with Gasteiger partial charge in [0.2, 0.25) is 0 Å². The average molecular weight is 430 g/mol. The summed E-state index contributed by atoms with van der Waals surface area (Å²) >= 11 is 13.1. The van der Waals surface area contributed by atoms with E-state index >= 15 is 0 Å². The van der Waals surface area contributed by atoms with Gasteiger partial charge in [0.1, 0.15) is 5.69 Å². The number of carbonyl (C=O) groups excluding carboxylic acids is 1. The normalized spacial score (nSPS) is 13.4. The highest BCUT2D eigenvalue weighted by Crippen LogP contribution is 2.43. The van der Waals surface area contributed by atoms with E-state index in [-0.39, 0.29) is 0 Å². The van der Waals surface area contributed by atoms with Crippen LogP contribution < -0.4 is 5.32 Å². The zero-order valence-electron chi connectivity index (χ0n) is 16.2. The van der Waals surface area contributed by atoms with Crippen LogP contribution in [0.4, 0.5) is 4.79 Å². The van der Waals surface area contributed by atoms with Gasteiger partial charge < -0.3 is 10.1 Å². The molecule has 4 rings (SSSR count). The monoisotopic (exact) mass is 429 g/mol. The lowest BCUT2D eigenvalue weighted by molar-refractivity contribution is 0.170. The van der Waals surface area contributed by atoms with Crippen LogP contribution in [0.5, 0.6) is 0 Å². The number of benzene rings is 2. The van der Waals surface area contributed by atoms with E-state index in [2.05, 4.69) is 15.2 Å². The van der Waals surface area contributed by atoms with Crippen LogP contribution in [-0.2, 0) is 11.3 Å². The lowest BCUT2D eigenvalue weighted by atomic mass is 10.0. The Labute approximate surface area is 179 Å². The Hall–Kier alpha value is -2.50. The van der Waals surface area contributed by atoms with Crippen molar-refractivity contribution in [2.45, 2.75) is 32.2 Å². The Morgan fingerprint density at radius 3 is 2.59 bits per heavy atom. The van der Waals surface area contributed by atoms with Gasteiger partial charge in [-0.15, -0.1) is 0 Å². The van der Waals surface area contributed by atoms with Crippen molar-refractivity contribution in [3.63, 3.8) is 0 Å². The summed E-state index contributed by atoms with van der Waals surface area (Å²) in [5, 5.41) is 8.59. The molecule has 0 unspecified atom stereocenters. The zero-order chi connectivity index (χ0) is 20.5. The van der Waals surface area contributed by atoms with Crippen LogP contribution in [0, 0.1) is 6.92 Å². The fourth-order valence-electron chi connectivity index (χ4n) is 3.32. The molecule has 1 aromatic heterocycles. The minimum atomic E-state index is -0.460. The predicted octanol–water partition coefficient (Wildman–Crippen LogP) is 5.89. The first-order valence-corrected chi connectivity index (χ1v) is 10.2. The second kappa shape index (κ2) is 8.09. The summed E-state index contributed by atoms with van der Waals surface area (Å²) in [5.41, 5.74) is 5.68. The molecule has 3 aromatic rings. The third-order valence-corrected chi connectivity index (χ3v) is 5.74. The Kier molecular flexibility index (Phi) is 5.52. The fraction of sp³-hybridized carbons (Fsp3) is 0.273. The maximum Gasteiger partial charge on any atom is 0.407 e. The summed E-state index contributed by atoms with van der Waals surface area (Å²) in [4.78, 5) is 11.4. The van der Waals surface area contributed by atoms with Gasteiger partial charge in [-0.2, -0.15) is 5.10 Å². The lowest BCUT2D eigenvalue weighted by Gasteiger charge is -2.10. The van der Waals surface area contributed by atoms with Crippen LogP contribution in [0.25, 0.3) is 16.9 Å². The van der Waals surface area contributed by atoms with Crippen molar-refractivity contribution in [1.82, 2.24) is 15.1 Å². The molecule has 0 radical (unpaired) electrons. The summed E-state index contributed by atoms with van der Waals surface area (Å²) in [6.07, 6.45) is 3.78. The number of methoxy groups -OCH3 is 1. The van der Waals surface area contributed by atoms with Crippen molar-refractivity contribution < 1.29 is 9.53 Å². The second-order valence-corrected chi connectivity index (χ2v) is 8.05. The number of nitrogens with zero attached hydrogens (tertiary/aromatic N) is 2. The molecule has 0 spiro atoms. The van der Waals surface area contributed by atoms with E-state index in [1.54, 1.807) is 4.68 Å². The molecule has 1 N–H and O–H groups in total. The fourth-order valence-corrected chi connectivity index (χ4v) is 4.00. The number of rotatable bonds is 5. The summed E-state index contributed by atoms with van der Waals surface area (Å²) < 4.78 is 6.35. The van der Waals surface area contributed by atoms with Gasteiger partial charge in [-0.25, -0.2) is 9.48 Å². The molecule has 0 saturated heterocycles. The van der Waals surface area contributed by atoms with Gasteiger partial charge in [-0.1, -0.05) is 35.3 Å². The highest BCUT2D eigenvalue weighted by molar-refractivity contribution is 6.37. The van der Waals surface area contributed by atoms with Crippen molar-refractivity contribution >= 4 is 29.3 Å². The Bertz CT molecular complexity index is 1050. The van der Waals surface area contributed by atoms with E-state index in [0.29, 0.717) is 28.2 Å². The third-order valence-electron chi connectivity index (χ3n) is 5.16. The van der Waals surface area contributed by atoms with Gasteiger partial charge in [-0.05, 0) is 66.6 Å². The standard InChI is InChI=1S/C22H21Cl2N3O2/c1-13-3-4-15(9-17(13)12-25-22(28)29-2)20-7-8-27(26-20)21-18(23)10-16(11-19(21)24)14-5-6-14/h3-4,7-11,14H,5-6,12H2,1-2H3,(H,25,28). The summed E-state index contributed by atoms with van der Waals surface area (Å²) in [6, 6.07) is 11.9. The maximum atomic E-state index is 11.4. The van der Waals surface area contributed by atoms with E-state index in [4.69, 9.17) is 23.2 Å². The van der Waals surface area contributed by atoms with Gasteiger partial charge in [0.15, 0.2) is 0 Å². The molecule has 1 aliphatic carbocycles. The van der Waals surface area contributed by atoms with Gasteiger partial charge >= 0.3 is 6.09 Å². The Morgan fingerprint density at radius 2 is 1.93 bits per heavy atom. The van der Waals surface area contributed by atoms with Crippen LogP contribution in [0.15, 0.2) is 42.6 Å². The molecule has 150 valence electrons. The Morgan fingerprint density at radius 1 is 1.21 bits per heavy atom. The number of aryl methyl sites for hydroxylation is 1. The minimum Gasteiger partial charge on any atom is -0.453 e. The smallest absolute Gasteiger partial charge is 0.407 e. The number of hydrogen-bond acceptors (Lipinski definition) is 3.